The van der Waals surface area contributed by atoms with Crippen molar-refractivity contribution in [3.8, 4) is 5.75 Å². The van der Waals surface area contributed by atoms with Crippen molar-refractivity contribution >= 4 is 43.6 Å². The Labute approximate surface area is 136 Å². The SMILES string of the molecule is CCOc1c(Br)cc(CNC2CCSCC2)cc1Br. The molecule has 0 unspecified atom stereocenters. The average molecular weight is 409 g/mol. The van der Waals surface area contributed by atoms with Gasteiger partial charge in [-0.1, -0.05) is 0 Å². The average Bonchev–Trinajstić information content (AvgIpc) is 2.42. The molecule has 0 radical (unpaired) electrons. The smallest absolute Gasteiger partial charge is 0.147 e. The van der Waals surface area contributed by atoms with Gasteiger partial charge in [0.05, 0.1) is 15.6 Å². The van der Waals surface area contributed by atoms with Crippen LogP contribution in [0.1, 0.15) is 25.3 Å². The van der Waals surface area contributed by atoms with Crippen molar-refractivity contribution in [1.82, 2.24) is 5.32 Å². The third kappa shape index (κ3) is 4.66. The second-order valence-corrected chi connectivity index (χ2v) is 7.52. The van der Waals surface area contributed by atoms with E-state index in [0.29, 0.717) is 12.6 Å². The summed E-state index contributed by atoms with van der Waals surface area (Å²) in [5.74, 6) is 3.46. The molecular formula is C14H19Br2NOS. The molecule has 1 heterocycles. The summed E-state index contributed by atoms with van der Waals surface area (Å²) >= 11 is 9.22. The van der Waals surface area contributed by atoms with E-state index >= 15 is 0 Å². The van der Waals surface area contributed by atoms with Crippen LogP contribution in [0.3, 0.4) is 0 Å². The third-order valence-corrected chi connectivity index (χ3v) is 5.39. The number of hydrogen-bond donors (Lipinski definition) is 1. The molecule has 1 aromatic carbocycles. The molecule has 5 heteroatoms. The van der Waals surface area contributed by atoms with Crippen molar-refractivity contribution in [3.05, 3.63) is 26.6 Å². The largest absolute Gasteiger partial charge is 0.492 e. The van der Waals surface area contributed by atoms with Crippen LogP contribution in [0.2, 0.25) is 0 Å². The first-order chi connectivity index (χ1) is 9.20. The van der Waals surface area contributed by atoms with Gasteiger partial charge in [-0.25, -0.2) is 0 Å². The Balaban J connectivity index is 1.96. The molecule has 0 atom stereocenters. The Morgan fingerprint density at radius 1 is 1.26 bits per heavy atom. The van der Waals surface area contributed by atoms with Gasteiger partial charge >= 0.3 is 0 Å². The predicted molar refractivity (Wildman–Crippen MR) is 90.2 cm³/mol. The van der Waals surface area contributed by atoms with Crippen LogP contribution in [0.15, 0.2) is 21.1 Å². The van der Waals surface area contributed by atoms with Crippen molar-refractivity contribution < 1.29 is 4.74 Å². The van der Waals surface area contributed by atoms with Gasteiger partial charge < -0.3 is 10.1 Å². The summed E-state index contributed by atoms with van der Waals surface area (Å²) in [6, 6.07) is 4.95. The van der Waals surface area contributed by atoms with Gasteiger partial charge in [-0.3, -0.25) is 0 Å². The lowest BCUT2D eigenvalue weighted by molar-refractivity contribution is 0.336. The topological polar surface area (TPSA) is 21.3 Å². The van der Waals surface area contributed by atoms with E-state index in [-0.39, 0.29) is 0 Å². The Kier molecular flexibility index (Phi) is 6.53. The fourth-order valence-corrected chi connectivity index (χ4v) is 4.78. The molecule has 19 heavy (non-hydrogen) atoms. The van der Waals surface area contributed by atoms with E-state index in [1.165, 1.54) is 29.9 Å². The lowest BCUT2D eigenvalue weighted by Crippen LogP contribution is -2.32. The quantitative estimate of drug-likeness (QED) is 0.769. The van der Waals surface area contributed by atoms with Crippen molar-refractivity contribution in [3.63, 3.8) is 0 Å². The molecule has 1 aliphatic rings. The van der Waals surface area contributed by atoms with Gasteiger partial charge in [0.15, 0.2) is 0 Å². The molecular weight excluding hydrogens is 390 g/mol. The number of benzene rings is 1. The molecule has 2 nitrogen and oxygen atoms in total. The first-order valence-corrected chi connectivity index (χ1v) is 9.36. The van der Waals surface area contributed by atoms with Crippen LogP contribution in [0, 0.1) is 0 Å². The number of thioether (sulfide) groups is 1. The Hall–Kier alpha value is 0.290. The molecule has 0 amide bonds. The van der Waals surface area contributed by atoms with Crippen molar-refractivity contribution in [2.75, 3.05) is 18.1 Å². The zero-order chi connectivity index (χ0) is 13.7. The van der Waals surface area contributed by atoms with Crippen LogP contribution in [0.25, 0.3) is 0 Å². The van der Waals surface area contributed by atoms with Crippen molar-refractivity contribution in [2.24, 2.45) is 0 Å². The Morgan fingerprint density at radius 2 is 1.89 bits per heavy atom. The molecule has 1 fully saturated rings. The van der Waals surface area contributed by atoms with Crippen LogP contribution >= 0.6 is 43.6 Å². The van der Waals surface area contributed by atoms with E-state index < -0.39 is 0 Å². The molecule has 0 spiro atoms. The molecule has 0 aromatic heterocycles. The van der Waals surface area contributed by atoms with Crippen LogP contribution in [-0.4, -0.2) is 24.2 Å². The maximum atomic E-state index is 5.60. The molecule has 2 rings (SSSR count). The first kappa shape index (κ1) is 15.7. The van der Waals surface area contributed by atoms with Gasteiger partial charge in [-0.2, -0.15) is 11.8 Å². The minimum atomic E-state index is 0.672. The third-order valence-electron chi connectivity index (χ3n) is 3.16. The number of halogens is 2. The summed E-state index contributed by atoms with van der Waals surface area (Å²) in [5, 5.41) is 3.65. The van der Waals surface area contributed by atoms with Crippen LogP contribution in [0.5, 0.6) is 5.75 Å². The summed E-state index contributed by atoms with van der Waals surface area (Å²) in [6.45, 7) is 3.59. The van der Waals surface area contributed by atoms with Crippen molar-refractivity contribution in [1.29, 1.82) is 0 Å². The summed E-state index contributed by atoms with van der Waals surface area (Å²) in [4.78, 5) is 0. The monoisotopic (exact) mass is 407 g/mol. The molecule has 106 valence electrons. The number of nitrogens with one attached hydrogen (secondary N) is 1. The normalized spacial score (nSPS) is 16.6. The van der Waals surface area contributed by atoms with Gasteiger partial charge in [0.2, 0.25) is 0 Å². The highest BCUT2D eigenvalue weighted by Gasteiger charge is 2.14. The Bertz CT molecular complexity index is 399. The summed E-state index contributed by atoms with van der Waals surface area (Å²) in [5.41, 5.74) is 1.28. The van der Waals surface area contributed by atoms with Gasteiger partial charge in [-0.05, 0) is 80.8 Å². The number of hydrogen-bond acceptors (Lipinski definition) is 3. The number of ether oxygens (including phenoxy) is 1. The molecule has 1 aromatic rings. The highest BCUT2D eigenvalue weighted by Crippen LogP contribution is 2.34. The van der Waals surface area contributed by atoms with Crippen LogP contribution in [0.4, 0.5) is 0 Å². The van der Waals surface area contributed by atoms with Gasteiger partial charge in [-0.15, -0.1) is 0 Å². The highest BCUT2D eigenvalue weighted by atomic mass is 79.9. The first-order valence-electron chi connectivity index (χ1n) is 6.62. The van der Waals surface area contributed by atoms with Crippen LogP contribution < -0.4 is 10.1 Å². The van der Waals surface area contributed by atoms with E-state index in [1.807, 2.05) is 6.92 Å². The van der Waals surface area contributed by atoms with Crippen molar-refractivity contribution in [2.45, 2.75) is 32.4 Å². The minimum absolute atomic E-state index is 0.672. The number of rotatable bonds is 5. The van der Waals surface area contributed by atoms with Crippen LogP contribution in [-0.2, 0) is 6.54 Å². The molecule has 1 aliphatic heterocycles. The minimum Gasteiger partial charge on any atom is -0.492 e. The Morgan fingerprint density at radius 3 is 2.47 bits per heavy atom. The summed E-state index contributed by atoms with van der Waals surface area (Å²) in [7, 11) is 0. The standard InChI is InChI=1S/C14H19Br2NOS/c1-2-18-14-12(15)7-10(8-13(14)16)9-17-11-3-5-19-6-4-11/h7-8,11,17H,2-6,9H2,1H3. The van der Waals surface area contributed by atoms with Gasteiger partial charge in [0, 0.05) is 12.6 Å². The highest BCUT2D eigenvalue weighted by molar-refractivity contribution is 9.11. The maximum Gasteiger partial charge on any atom is 0.147 e. The van der Waals surface area contributed by atoms with E-state index in [0.717, 1.165) is 21.2 Å². The lowest BCUT2D eigenvalue weighted by Gasteiger charge is -2.23. The molecule has 0 bridgehead atoms. The fraction of sp³-hybridized carbons (Fsp3) is 0.571. The maximum absolute atomic E-state index is 5.60. The zero-order valence-electron chi connectivity index (χ0n) is 11.0. The second-order valence-electron chi connectivity index (χ2n) is 4.59. The van der Waals surface area contributed by atoms with E-state index in [9.17, 15) is 0 Å². The fourth-order valence-electron chi connectivity index (χ4n) is 2.16. The van der Waals surface area contributed by atoms with Gasteiger partial charge in [0.1, 0.15) is 5.75 Å². The molecule has 1 saturated heterocycles. The summed E-state index contributed by atoms with van der Waals surface area (Å²) < 4.78 is 7.63. The van der Waals surface area contributed by atoms with Gasteiger partial charge in [0.25, 0.3) is 0 Å². The second kappa shape index (κ2) is 7.91. The molecule has 0 saturated carbocycles. The molecule has 0 aliphatic carbocycles. The summed E-state index contributed by atoms with van der Waals surface area (Å²) in [6.07, 6.45) is 2.56. The lowest BCUT2D eigenvalue weighted by atomic mass is 10.1. The van der Waals surface area contributed by atoms with E-state index in [2.05, 4.69) is 61.1 Å². The van der Waals surface area contributed by atoms with E-state index in [4.69, 9.17) is 4.74 Å². The zero-order valence-corrected chi connectivity index (χ0v) is 15.0. The molecule has 1 N–H and O–H groups in total. The predicted octanol–water partition coefficient (Wildman–Crippen LogP) is 4.60. The van der Waals surface area contributed by atoms with E-state index in [1.54, 1.807) is 0 Å².